The van der Waals surface area contributed by atoms with E-state index in [0.717, 1.165) is 33.4 Å². The molecule has 0 amide bonds. The van der Waals surface area contributed by atoms with Gasteiger partial charge in [0.15, 0.2) is 0 Å². The smallest absolute Gasteiger partial charge is 0.326 e. The van der Waals surface area contributed by atoms with Gasteiger partial charge in [-0.25, -0.2) is 14.8 Å². The van der Waals surface area contributed by atoms with Gasteiger partial charge in [0.1, 0.15) is 12.4 Å². The third-order valence-electron chi connectivity index (χ3n) is 4.53. The maximum Gasteiger partial charge on any atom is 0.326 e. The van der Waals surface area contributed by atoms with Crippen LogP contribution in [0.15, 0.2) is 73.2 Å². The molecule has 2 heterocycles. The maximum atomic E-state index is 11.4. The van der Waals surface area contributed by atoms with Crippen molar-refractivity contribution in [1.29, 1.82) is 0 Å². The lowest BCUT2D eigenvalue weighted by Crippen LogP contribution is -2.14. The summed E-state index contributed by atoms with van der Waals surface area (Å²) in [6, 6.07) is 19.1. The molecule has 0 saturated carbocycles. The van der Waals surface area contributed by atoms with Gasteiger partial charge in [-0.1, -0.05) is 42.5 Å². The van der Waals surface area contributed by atoms with Crippen LogP contribution in [0, 0.1) is 0 Å². The Kier molecular flexibility index (Phi) is 3.97. The Balaban J connectivity index is 1.80. The number of carbonyl (C=O) groups is 1. The molecule has 1 unspecified atom stereocenters. The van der Waals surface area contributed by atoms with E-state index < -0.39 is 12.0 Å². The third kappa shape index (κ3) is 2.84. The minimum Gasteiger partial charge on any atom is -0.480 e. The molecule has 2 aromatic heterocycles. The van der Waals surface area contributed by atoms with Crippen molar-refractivity contribution in [3.63, 3.8) is 0 Å². The first kappa shape index (κ1) is 16.0. The fraction of sp³-hybridized carbons (Fsp3) is 0.0952. The average molecular weight is 343 g/mol. The van der Waals surface area contributed by atoms with Crippen molar-refractivity contribution in [2.45, 2.75) is 13.0 Å². The van der Waals surface area contributed by atoms with Crippen LogP contribution in [0.1, 0.15) is 13.0 Å². The van der Waals surface area contributed by atoms with Crippen LogP contribution in [0.3, 0.4) is 0 Å². The normalized spacial score (nSPS) is 12.2. The molecule has 0 aliphatic carbocycles. The van der Waals surface area contributed by atoms with Gasteiger partial charge in [0.25, 0.3) is 0 Å². The number of rotatable bonds is 4. The van der Waals surface area contributed by atoms with E-state index in [-0.39, 0.29) is 0 Å². The Bertz CT molecular complexity index is 1090. The van der Waals surface area contributed by atoms with Crippen LogP contribution in [0.5, 0.6) is 0 Å². The Morgan fingerprint density at radius 1 is 0.962 bits per heavy atom. The van der Waals surface area contributed by atoms with E-state index in [1.54, 1.807) is 17.8 Å². The molecule has 0 bridgehead atoms. The summed E-state index contributed by atoms with van der Waals surface area (Å²) in [6.45, 7) is 1.67. The fourth-order valence-corrected chi connectivity index (χ4v) is 3.05. The van der Waals surface area contributed by atoms with Crippen molar-refractivity contribution >= 4 is 16.9 Å². The largest absolute Gasteiger partial charge is 0.480 e. The Morgan fingerprint density at radius 3 is 2.42 bits per heavy atom. The number of carboxylic acid groups (broad SMARTS) is 1. The second-order valence-corrected chi connectivity index (χ2v) is 6.17. The average Bonchev–Trinajstić information content (AvgIpc) is 3.11. The van der Waals surface area contributed by atoms with Crippen LogP contribution in [-0.4, -0.2) is 25.6 Å². The summed E-state index contributed by atoms with van der Waals surface area (Å²) < 4.78 is 1.76. The molecule has 0 spiro atoms. The predicted octanol–water partition coefficient (Wildman–Crippen LogP) is 4.41. The van der Waals surface area contributed by atoms with E-state index in [9.17, 15) is 9.90 Å². The molecule has 0 aliphatic rings. The van der Waals surface area contributed by atoms with Gasteiger partial charge in [-0.3, -0.25) is 0 Å². The molecule has 0 radical (unpaired) electrons. The lowest BCUT2D eigenvalue weighted by Gasteiger charge is -2.11. The highest BCUT2D eigenvalue weighted by Gasteiger charge is 2.15. The first-order chi connectivity index (χ1) is 12.6. The van der Waals surface area contributed by atoms with Gasteiger partial charge >= 0.3 is 5.97 Å². The monoisotopic (exact) mass is 343 g/mol. The molecular formula is C21H17N3O2. The molecule has 5 heteroatoms. The summed E-state index contributed by atoms with van der Waals surface area (Å²) >= 11 is 0. The minimum atomic E-state index is -0.860. The van der Waals surface area contributed by atoms with Crippen LogP contribution < -0.4 is 0 Å². The molecule has 26 heavy (non-hydrogen) atoms. The summed E-state index contributed by atoms with van der Waals surface area (Å²) in [5.74, 6) is -0.860. The number of carboxylic acids is 1. The highest BCUT2D eigenvalue weighted by molar-refractivity contribution is 5.87. The predicted molar refractivity (Wildman–Crippen MR) is 101 cm³/mol. The summed E-state index contributed by atoms with van der Waals surface area (Å²) in [5.41, 5.74) is 4.48. The zero-order chi connectivity index (χ0) is 18.1. The molecule has 1 N–H and O–H groups in total. The number of aromatic nitrogens is 3. The summed E-state index contributed by atoms with van der Waals surface area (Å²) in [5, 5.41) is 10.3. The summed E-state index contributed by atoms with van der Waals surface area (Å²) in [4.78, 5) is 20.1. The molecule has 0 aliphatic heterocycles. The molecule has 4 aromatic rings. The zero-order valence-electron chi connectivity index (χ0n) is 14.2. The number of hydrogen-bond donors (Lipinski definition) is 1. The minimum absolute atomic E-state index is 0.631. The highest BCUT2D eigenvalue weighted by Crippen LogP contribution is 2.28. The van der Waals surface area contributed by atoms with Crippen molar-refractivity contribution in [1.82, 2.24) is 14.5 Å². The lowest BCUT2D eigenvalue weighted by molar-refractivity contribution is -0.140. The van der Waals surface area contributed by atoms with E-state index >= 15 is 0 Å². The molecule has 4 rings (SSSR count). The topological polar surface area (TPSA) is 68.0 Å². The van der Waals surface area contributed by atoms with Crippen molar-refractivity contribution in [3.8, 4) is 22.5 Å². The molecular weight excluding hydrogens is 326 g/mol. The first-order valence-electron chi connectivity index (χ1n) is 8.35. The number of benzene rings is 2. The number of fused-ring (bicyclic) bond motifs is 1. The standard InChI is InChI=1S/C21H17N3O2/c1-14(21(25)26)24-10-9-16-7-8-17(11-20(16)24)19-12-18(22-13-23-19)15-5-3-2-4-6-15/h2-14H,1H3,(H,25,26). The molecule has 128 valence electrons. The van der Waals surface area contributed by atoms with E-state index in [2.05, 4.69) is 9.97 Å². The van der Waals surface area contributed by atoms with Gasteiger partial charge in [-0.05, 0) is 30.5 Å². The summed E-state index contributed by atoms with van der Waals surface area (Å²) in [7, 11) is 0. The SMILES string of the molecule is CC(C(=O)O)n1ccc2ccc(-c3cc(-c4ccccc4)ncn3)cc21. The van der Waals surface area contributed by atoms with E-state index in [1.807, 2.05) is 66.9 Å². The van der Waals surface area contributed by atoms with Gasteiger partial charge in [-0.2, -0.15) is 0 Å². The Labute approximate surface area is 150 Å². The van der Waals surface area contributed by atoms with E-state index in [0.29, 0.717) is 0 Å². The Hall–Kier alpha value is -3.47. The number of hydrogen-bond acceptors (Lipinski definition) is 3. The van der Waals surface area contributed by atoms with Crippen molar-refractivity contribution < 1.29 is 9.90 Å². The van der Waals surface area contributed by atoms with Crippen molar-refractivity contribution in [2.75, 3.05) is 0 Å². The van der Waals surface area contributed by atoms with E-state index in [4.69, 9.17) is 0 Å². The molecule has 2 aromatic carbocycles. The van der Waals surface area contributed by atoms with Gasteiger partial charge < -0.3 is 9.67 Å². The van der Waals surface area contributed by atoms with Crippen LogP contribution >= 0.6 is 0 Å². The highest BCUT2D eigenvalue weighted by atomic mass is 16.4. The molecule has 5 nitrogen and oxygen atoms in total. The lowest BCUT2D eigenvalue weighted by atomic mass is 10.1. The van der Waals surface area contributed by atoms with Crippen molar-refractivity contribution in [2.24, 2.45) is 0 Å². The van der Waals surface area contributed by atoms with Crippen molar-refractivity contribution in [3.05, 3.63) is 73.2 Å². The second kappa shape index (κ2) is 6.44. The molecule has 0 saturated heterocycles. The number of aliphatic carboxylic acids is 1. The van der Waals surface area contributed by atoms with Crippen LogP contribution in [-0.2, 0) is 4.79 Å². The zero-order valence-corrected chi connectivity index (χ0v) is 14.2. The van der Waals surface area contributed by atoms with Gasteiger partial charge in [0.2, 0.25) is 0 Å². The third-order valence-corrected chi connectivity index (χ3v) is 4.53. The van der Waals surface area contributed by atoms with Gasteiger partial charge in [0, 0.05) is 22.8 Å². The van der Waals surface area contributed by atoms with Crippen LogP contribution in [0.4, 0.5) is 0 Å². The van der Waals surface area contributed by atoms with Gasteiger partial charge in [-0.15, -0.1) is 0 Å². The number of nitrogens with zero attached hydrogens (tertiary/aromatic N) is 3. The molecule has 1 atom stereocenters. The summed E-state index contributed by atoms with van der Waals surface area (Å²) in [6.07, 6.45) is 3.36. The van der Waals surface area contributed by atoms with Crippen LogP contribution in [0.25, 0.3) is 33.4 Å². The quantitative estimate of drug-likeness (QED) is 0.596. The van der Waals surface area contributed by atoms with E-state index in [1.165, 1.54) is 0 Å². The molecule has 0 fully saturated rings. The van der Waals surface area contributed by atoms with Gasteiger partial charge in [0.05, 0.1) is 11.4 Å². The second-order valence-electron chi connectivity index (χ2n) is 6.17. The maximum absolute atomic E-state index is 11.4. The Morgan fingerprint density at radius 2 is 1.69 bits per heavy atom. The fourth-order valence-electron chi connectivity index (χ4n) is 3.05. The first-order valence-corrected chi connectivity index (χ1v) is 8.35. The van der Waals surface area contributed by atoms with Crippen LogP contribution in [0.2, 0.25) is 0 Å².